The van der Waals surface area contributed by atoms with E-state index in [0.717, 1.165) is 5.56 Å². The van der Waals surface area contributed by atoms with Gasteiger partial charge < -0.3 is 5.84 Å². The minimum Gasteiger partial charge on any atom is -0.336 e. The minimum absolute atomic E-state index is 0. The van der Waals surface area contributed by atoms with Crippen LogP contribution in [-0.4, -0.2) is 19.8 Å². The summed E-state index contributed by atoms with van der Waals surface area (Å²) >= 11 is 4.09. The van der Waals surface area contributed by atoms with Gasteiger partial charge in [0.25, 0.3) is 0 Å². The maximum Gasteiger partial charge on any atom is 2.00 e. The van der Waals surface area contributed by atoms with Gasteiger partial charge in [-0.25, -0.2) is 16.8 Å². The first kappa shape index (κ1) is 20.4. The van der Waals surface area contributed by atoms with Crippen LogP contribution in [0.15, 0.2) is 78.0 Å². The van der Waals surface area contributed by atoms with Crippen molar-refractivity contribution in [3.05, 3.63) is 82.9 Å². The molecule has 4 rings (SSSR count). The summed E-state index contributed by atoms with van der Waals surface area (Å²) in [5.74, 6) is 6.23. The van der Waals surface area contributed by atoms with Crippen molar-refractivity contribution in [2.75, 3.05) is 5.84 Å². The van der Waals surface area contributed by atoms with Gasteiger partial charge in [0.15, 0.2) is 5.82 Å². The number of nitro benzene ring substituents is 1. The molecule has 3 aromatic carbocycles. The molecule has 0 aliphatic heterocycles. The Morgan fingerprint density at radius 1 is 1.15 bits per heavy atom. The Bertz CT molecular complexity index is 980. The smallest absolute Gasteiger partial charge is 0.336 e. The van der Waals surface area contributed by atoms with Crippen molar-refractivity contribution in [2.24, 2.45) is 0 Å². The number of rotatable bonds is 3. The Morgan fingerprint density at radius 2 is 1.81 bits per heavy atom. The van der Waals surface area contributed by atoms with Gasteiger partial charge in [-0.15, -0.1) is 35.0 Å². The number of nitrogens with zero attached hydrogens (tertiary/aromatic N) is 4. The number of nitrogen functional groups attached to an aromatic ring is 1. The molecule has 2 N–H and O–H groups in total. The number of aromatic nitrogens is 3. The number of hydrogen-bond acceptors (Lipinski definition) is 6. The third-order valence-corrected chi connectivity index (χ3v) is 3.97. The van der Waals surface area contributed by atoms with Gasteiger partial charge in [0.05, 0.1) is 4.92 Å². The predicted molar refractivity (Wildman–Crippen MR) is 103 cm³/mol. The summed E-state index contributed by atoms with van der Waals surface area (Å²) in [6, 6.07) is 22.0. The zero-order chi connectivity index (χ0) is 18.5. The van der Waals surface area contributed by atoms with Crippen molar-refractivity contribution >= 4 is 18.3 Å². The average molecular weight is 421 g/mol. The summed E-state index contributed by atoms with van der Waals surface area (Å²) < 4.78 is 1.23. The Labute approximate surface area is 171 Å². The summed E-state index contributed by atoms with van der Waals surface area (Å²) in [5.41, 5.74) is 2.17. The van der Waals surface area contributed by atoms with Crippen molar-refractivity contribution in [2.45, 2.75) is 5.16 Å². The van der Waals surface area contributed by atoms with E-state index in [2.05, 4.69) is 22.8 Å². The first-order valence-electron chi connectivity index (χ1n) is 7.65. The van der Waals surface area contributed by atoms with E-state index in [-0.39, 0.29) is 27.9 Å². The van der Waals surface area contributed by atoms with E-state index in [9.17, 15) is 10.1 Å². The number of hydrogen-bond donors (Lipinski definition) is 2. The molecule has 0 radical (unpaired) electrons. The molecule has 0 aliphatic carbocycles. The molecule has 0 atom stereocenters. The zero-order valence-corrected chi connectivity index (χ0v) is 15.9. The van der Waals surface area contributed by atoms with Gasteiger partial charge in [-0.3, -0.25) is 10.1 Å². The molecule has 0 amide bonds. The van der Waals surface area contributed by atoms with Crippen LogP contribution in [-0.2, 0) is 17.1 Å². The Kier molecular flexibility index (Phi) is 6.95. The van der Waals surface area contributed by atoms with Crippen LogP contribution in [0.2, 0.25) is 0 Å². The van der Waals surface area contributed by atoms with Crippen LogP contribution >= 0.6 is 12.6 Å². The third kappa shape index (κ3) is 4.65. The molecule has 1 heterocycles. The van der Waals surface area contributed by atoms with E-state index < -0.39 is 4.92 Å². The van der Waals surface area contributed by atoms with E-state index in [1.165, 1.54) is 16.8 Å². The number of benzene rings is 1. The average Bonchev–Trinajstić information content (AvgIpc) is 3.40. The van der Waals surface area contributed by atoms with Crippen molar-refractivity contribution in [3.63, 3.8) is 0 Å². The van der Waals surface area contributed by atoms with E-state index in [1.54, 1.807) is 6.07 Å². The van der Waals surface area contributed by atoms with Crippen molar-refractivity contribution < 1.29 is 22.0 Å². The minimum atomic E-state index is -0.437. The largest absolute Gasteiger partial charge is 2.00 e. The van der Waals surface area contributed by atoms with Crippen LogP contribution in [0, 0.1) is 10.1 Å². The summed E-state index contributed by atoms with van der Waals surface area (Å²) in [7, 11) is 0. The summed E-state index contributed by atoms with van der Waals surface area (Å²) in [6.45, 7) is 0. The van der Waals surface area contributed by atoms with Crippen LogP contribution in [0.25, 0.3) is 22.5 Å². The molecule has 0 aliphatic rings. The molecule has 0 spiro atoms. The zero-order valence-electron chi connectivity index (χ0n) is 13.9. The van der Waals surface area contributed by atoms with Gasteiger partial charge in [0.1, 0.15) is 0 Å². The second-order valence-corrected chi connectivity index (χ2v) is 5.72. The SMILES string of the molecule is Nn1c(S)nnc1-c1ccc([N+](=O)[O-])cc1-[c-]1cccc1.[Fe+2].c1cc[cH-]c1. The van der Waals surface area contributed by atoms with Crippen LogP contribution < -0.4 is 5.84 Å². The standard InChI is InChI=1S/C13H10N5O2S.C5H5.Fe/c14-17-12(15-16-13(17)21)10-6-5-9(18(19)20)7-11(10)8-3-1-2-4-8;1-2-4-5-3-1;/h1-7H,14H2,(H,16,21);1-5H;/q2*-1;+2. The number of thiol groups is 1. The van der Waals surface area contributed by atoms with Gasteiger partial charge in [-0.2, -0.15) is 30.3 Å². The van der Waals surface area contributed by atoms with Gasteiger partial charge in [0.2, 0.25) is 10.8 Å². The molecule has 0 bridgehead atoms. The Balaban J connectivity index is 0.000000379. The number of non-ortho nitro benzene ring substituents is 1. The molecule has 0 unspecified atom stereocenters. The van der Waals surface area contributed by atoms with Gasteiger partial charge in [0, 0.05) is 6.07 Å². The van der Waals surface area contributed by atoms with Crippen LogP contribution in [0.3, 0.4) is 0 Å². The summed E-state index contributed by atoms with van der Waals surface area (Å²) in [5, 5.41) is 19.0. The predicted octanol–water partition coefficient (Wildman–Crippen LogP) is 3.64. The number of nitro groups is 1. The molecule has 0 saturated heterocycles. The van der Waals surface area contributed by atoms with E-state index >= 15 is 0 Å². The second kappa shape index (κ2) is 9.18. The van der Waals surface area contributed by atoms with E-state index in [4.69, 9.17) is 5.84 Å². The van der Waals surface area contributed by atoms with Crippen LogP contribution in [0.1, 0.15) is 0 Å². The second-order valence-electron chi connectivity index (χ2n) is 5.32. The fourth-order valence-electron chi connectivity index (χ4n) is 2.42. The summed E-state index contributed by atoms with van der Waals surface area (Å²) in [6.07, 6.45) is 0. The van der Waals surface area contributed by atoms with Gasteiger partial charge >= 0.3 is 17.1 Å². The third-order valence-electron chi connectivity index (χ3n) is 3.66. The molecule has 4 aromatic rings. The molecule has 1 aromatic heterocycles. The molecule has 9 heteroatoms. The van der Waals surface area contributed by atoms with Crippen LogP contribution in [0.5, 0.6) is 0 Å². The first-order valence-corrected chi connectivity index (χ1v) is 8.09. The number of nitrogens with two attached hydrogens (primary N) is 1. The maximum absolute atomic E-state index is 11.0. The van der Waals surface area contributed by atoms with Gasteiger partial charge in [-0.1, -0.05) is 17.2 Å². The summed E-state index contributed by atoms with van der Waals surface area (Å²) in [4.78, 5) is 10.5. The molecule has 0 fully saturated rings. The molecule has 138 valence electrons. The molecular weight excluding hydrogens is 406 g/mol. The quantitative estimate of drug-likeness (QED) is 0.131. The molecule has 7 nitrogen and oxygen atoms in total. The van der Waals surface area contributed by atoms with E-state index in [1.807, 2.05) is 54.6 Å². The van der Waals surface area contributed by atoms with E-state index in [0.29, 0.717) is 17.0 Å². The molecule has 27 heavy (non-hydrogen) atoms. The molecular formula is C18H15FeN5O2S. The monoisotopic (exact) mass is 421 g/mol. The first-order chi connectivity index (χ1) is 12.6. The Morgan fingerprint density at radius 3 is 2.30 bits per heavy atom. The molecule has 0 saturated carbocycles. The topological polar surface area (TPSA) is 99.9 Å². The van der Waals surface area contributed by atoms with Crippen molar-refractivity contribution in [1.82, 2.24) is 14.9 Å². The van der Waals surface area contributed by atoms with Gasteiger partial charge in [-0.05, 0) is 11.6 Å². The van der Waals surface area contributed by atoms with Crippen molar-refractivity contribution in [3.8, 4) is 22.5 Å². The maximum atomic E-state index is 11.0. The normalized spacial score (nSPS) is 9.81. The fraction of sp³-hybridized carbons (Fsp3) is 0. The van der Waals surface area contributed by atoms with Crippen molar-refractivity contribution in [1.29, 1.82) is 0 Å². The Hall–Kier alpha value is -2.87. The van der Waals surface area contributed by atoms with Crippen LogP contribution in [0.4, 0.5) is 5.69 Å². The fourth-order valence-corrected chi connectivity index (χ4v) is 2.56.